The first-order valence-electron chi connectivity index (χ1n) is 7.87. The van der Waals surface area contributed by atoms with Crippen molar-refractivity contribution in [1.29, 1.82) is 0 Å². The molecule has 0 saturated carbocycles. The van der Waals surface area contributed by atoms with Gasteiger partial charge in [-0.05, 0) is 37.8 Å². The van der Waals surface area contributed by atoms with Crippen LogP contribution in [0.1, 0.15) is 34.6 Å². The Balaban J connectivity index is 1.72. The number of amides is 1. The van der Waals surface area contributed by atoms with Gasteiger partial charge in [0.1, 0.15) is 11.4 Å². The van der Waals surface area contributed by atoms with Crippen LogP contribution in [0.15, 0.2) is 28.8 Å². The van der Waals surface area contributed by atoms with Crippen molar-refractivity contribution in [2.75, 3.05) is 13.6 Å². The Kier molecular flexibility index (Phi) is 3.98. The van der Waals surface area contributed by atoms with Gasteiger partial charge in [0, 0.05) is 12.6 Å². The molecule has 1 unspecified atom stereocenters. The van der Waals surface area contributed by atoms with Gasteiger partial charge in [-0.1, -0.05) is 29.4 Å². The van der Waals surface area contributed by atoms with Crippen LogP contribution in [0.5, 0.6) is 0 Å². The third-order valence-corrected chi connectivity index (χ3v) is 4.76. The van der Waals surface area contributed by atoms with E-state index in [9.17, 15) is 9.90 Å². The fourth-order valence-corrected chi connectivity index (χ4v) is 3.35. The molecule has 1 aliphatic carbocycles. The summed E-state index contributed by atoms with van der Waals surface area (Å²) >= 11 is 0. The maximum absolute atomic E-state index is 12.5. The van der Waals surface area contributed by atoms with E-state index in [4.69, 9.17) is 4.52 Å². The molecule has 5 nitrogen and oxygen atoms in total. The third kappa shape index (κ3) is 2.88. The van der Waals surface area contributed by atoms with E-state index in [1.807, 2.05) is 38.1 Å². The Labute approximate surface area is 135 Å². The van der Waals surface area contributed by atoms with E-state index in [1.54, 1.807) is 11.9 Å². The maximum Gasteiger partial charge on any atom is 0.227 e. The quantitative estimate of drug-likeness (QED) is 0.939. The summed E-state index contributed by atoms with van der Waals surface area (Å²) in [6, 6.07) is 7.91. The lowest BCUT2D eigenvalue weighted by atomic mass is 9.95. The number of carbonyl (C=O) groups is 1. The van der Waals surface area contributed by atoms with Crippen molar-refractivity contribution < 1.29 is 14.4 Å². The number of likely N-dealkylation sites (N-methyl/N-ethyl adjacent to an activating group) is 1. The SMILES string of the molecule is Cc1noc(C)c1CC(=O)N(C)CC1(O)CCc2ccccc21. The number of aliphatic hydroxyl groups is 1. The normalized spacial score (nSPS) is 19.7. The lowest BCUT2D eigenvalue weighted by Crippen LogP contribution is -2.41. The fourth-order valence-electron chi connectivity index (χ4n) is 3.35. The molecule has 1 aromatic carbocycles. The average Bonchev–Trinajstić information content (AvgIpc) is 3.02. The van der Waals surface area contributed by atoms with Crippen molar-refractivity contribution in [1.82, 2.24) is 10.1 Å². The first kappa shape index (κ1) is 15.7. The van der Waals surface area contributed by atoms with Gasteiger partial charge < -0.3 is 14.5 Å². The molecule has 2 aromatic rings. The Morgan fingerprint density at radius 3 is 2.83 bits per heavy atom. The molecular formula is C18H22N2O3. The van der Waals surface area contributed by atoms with E-state index >= 15 is 0 Å². The number of hydrogen-bond acceptors (Lipinski definition) is 4. The third-order valence-electron chi connectivity index (χ3n) is 4.76. The van der Waals surface area contributed by atoms with Crippen LogP contribution < -0.4 is 0 Å². The van der Waals surface area contributed by atoms with Gasteiger partial charge in [0.25, 0.3) is 0 Å². The molecule has 0 aliphatic heterocycles. The number of nitrogens with zero attached hydrogens (tertiary/aromatic N) is 2. The van der Waals surface area contributed by atoms with E-state index in [1.165, 1.54) is 5.56 Å². The molecule has 1 amide bonds. The van der Waals surface area contributed by atoms with Crippen molar-refractivity contribution in [2.45, 2.75) is 38.7 Å². The van der Waals surface area contributed by atoms with Gasteiger partial charge in [0.05, 0.1) is 18.7 Å². The van der Waals surface area contributed by atoms with Crippen LogP contribution >= 0.6 is 0 Å². The second-order valence-electron chi connectivity index (χ2n) is 6.42. The number of fused-ring (bicyclic) bond motifs is 1. The lowest BCUT2D eigenvalue weighted by Gasteiger charge is -2.30. The molecular weight excluding hydrogens is 292 g/mol. The summed E-state index contributed by atoms with van der Waals surface area (Å²) in [7, 11) is 1.74. The zero-order chi connectivity index (χ0) is 16.6. The van der Waals surface area contributed by atoms with Crippen molar-refractivity contribution in [3.63, 3.8) is 0 Å². The molecule has 0 spiro atoms. The number of hydrogen-bond donors (Lipinski definition) is 1. The summed E-state index contributed by atoms with van der Waals surface area (Å²) in [6.45, 7) is 3.94. The second-order valence-corrected chi connectivity index (χ2v) is 6.42. The average molecular weight is 314 g/mol. The van der Waals surface area contributed by atoms with Gasteiger partial charge in [0.15, 0.2) is 0 Å². The van der Waals surface area contributed by atoms with E-state index < -0.39 is 5.60 Å². The predicted octanol–water partition coefficient (Wildman–Crippen LogP) is 2.13. The molecule has 1 heterocycles. The van der Waals surface area contributed by atoms with E-state index in [0.717, 1.165) is 23.2 Å². The largest absolute Gasteiger partial charge is 0.383 e. The van der Waals surface area contributed by atoms with Gasteiger partial charge in [-0.2, -0.15) is 0 Å². The zero-order valence-electron chi connectivity index (χ0n) is 13.8. The highest BCUT2D eigenvalue weighted by molar-refractivity contribution is 5.79. The molecule has 0 saturated heterocycles. The Bertz CT molecular complexity index is 718. The molecule has 0 radical (unpaired) electrons. The van der Waals surface area contributed by atoms with Gasteiger partial charge >= 0.3 is 0 Å². The number of benzene rings is 1. The van der Waals surface area contributed by atoms with Gasteiger partial charge in [-0.15, -0.1) is 0 Å². The highest BCUT2D eigenvalue weighted by Crippen LogP contribution is 2.37. The smallest absolute Gasteiger partial charge is 0.227 e. The standard InChI is InChI=1S/C18H22N2O3/c1-12-15(13(2)23-19-12)10-17(21)20(3)11-18(22)9-8-14-6-4-5-7-16(14)18/h4-7,22H,8-11H2,1-3H3. The summed E-state index contributed by atoms with van der Waals surface area (Å²) < 4.78 is 5.11. The number of aryl methyl sites for hydroxylation is 3. The second kappa shape index (κ2) is 5.81. The molecule has 0 bridgehead atoms. The molecule has 0 fully saturated rings. The molecule has 23 heavy (non-hydrogen) atoms. The van der Waals surface area contributed by atoms with Crippen LogP contribution in [0.3, 0.4) is 0 Å². The lowest BCUT2D eigenvalue weighted by molar-refractivity contribution is -0.132. The topological polar surface area (TPSA) is 66.6 Å². The highest BCUT2D eigenvalue weighted by atomic mass is 16.5. The van der Waals surface area contributed by atoms with Crippen LogP contribution in [-0.2, 0) is 23.2 Å². The van der Waals surface area contributed by atoms with Gasteiger partial charge in [-0.3, -0.25) is 4.79 Å². The summed E-state index contributed by atoms with van der Waals surface area (Å²) in [4.78, 5) is 14.1. The molecule has 1 N–H and O–H groups in total. The van der Waals surface area contributed by atoms with E-state index in [0.29, 0.717) is 18.7 Å². The minimum Gasteiger partial charge on any atom is -0.383 e. The monoisotopic (exact) mass is 314 g/mol. The number of aromatic nitrogens is 1. The molecule has 5 heteroatoms. The Morgan fingerprint density at radius 2 is 2.13 bits per heavy atom. The van der Waals surface area contributed by atoms with E-state index in [2.05, 4.69) is 5.16 Å². The minimum absolute atomic E-state index is 0.0443. The first-order valence-corrected chi connectivity index (χ1v) is 7.87. The molecule has 1 aliphatic rings. The van der Waals surface area contributed by atoms with Gasteiger partial charge in [-0.25, -0.2) is 0 Å². The Morgan fingerprint density at radius 1 is 1.39 bits per heavy atom. The molecule has 1 aromatic heterocycles. The van der Waals surface area contributed by atoms with Crippen molar-refractivity contribution >= 4 is 5.91 Å². The Hall–Kier alpha value is -2.14. The maximum atomic E-state index is 12.5. The van der Waals surface area contributed by atoms with Crippen molar-refractivity contribution in [3.8, 4) is 0 Å². The van der Waals surface area contributed by atoms with Crippen LogP contribution in [0.25, 0.3) is 0 Å². The van der Waals surface area contributed by atoms with Crippen LogP contribution in [-0.4, -0.2) is 34.7 Å². The van der Waals surface area contributed by atoms with Crippen molar-refractivity contribution in [2.24, 2.45) is 0 Å². The van der Waals surface area contributed by atoms with Crippen LogP contribution in [0.2, 0.25) is 0 Å². The van der Waals surface area contributed by atoms with Crippen LogP contribution in [0.4, 0.5) is 0 Å². The van der Waals surface area contributed by atoms with Crippen LogP contribution in [0, 0.1) is 13.8 Å². The summed E-state index contributed by atoms with van der Waals surface area (Å²) in [5, 5.41) is 14.9. The highest BCUT2D eigenvalue weighted by Gasteiger charge is 2.38. The summed E-state index contributed by atoms with van der Waals surface area (Å²) in [5.74, 6) is 0.631. The molecule has 122 valence electrons. The number of carbonyl (C=O) groups excluding carboxylic acids is 1. The summed E-state index contributed by atoms with van der Waals surface area (Å²) in [6.07, 6.45) is 1.74. The van der Waals surface area contributed by atoms with Crippen molar-refractivity contribution in [3.05, 3.63) is 52.4 Å². The van der Waals surface area contributed by atoms with Gasteiger partial charge in [0.2, 0.25) is 5.91 Å². The minimum atomic E-state index is -0.959. The molecule has 1 atom stereocenters. The predicted molar refractivity (Wildman–Crippen MR) is 86.0 cm³/mol. The fraction of sp³-hybridized carbons (Fsp3) is 0.444. The zero-order valence-corrected chi connectivity index (χ0v) is 13.8. The summed E-state index contributed by atoms with van der Waals surface area (Å²) in [5.41, 5.74) is 2.73. The molecule has 3 rings (SSSR count). The van der Waals surface area contributed by atoms with E-state index in [-0.39, 0.29) is 12.3 Å². The first-order chi connectivity index (χ1) is 10.9. The number of rotatable bonds is 4.